The van der Waals surface area contributed by atoms with Crippen molar-refractivity contribution in [3.05, 3.63) is 57.5 Å². The van der Waals surface area contributed by atoms with E-state index in [0.29, 0.717) is 49.4 Å². The Morgan fingerprint density at radius 1 is 1.14 bits per heavy atom. The first-order chi connectivity index (χ1) is 17.5. The lowest BCUT2D eigenvalue weighted by atomic mass is 10.0. The van der Waals surface area contributed by atoms with Crippen LogP contribution >= 0.6 is 27.5 Å². The number of benzene rings is 2. The number of carbonyl (C=O) groups is 2. The predicted octanol–water partition coefficient (Wildman–Crippen LogP) is 4.15. The Morgan fingerprint density at radius 2 is 1.94 bits per heavy atom. The van der Waals surface area contributed by atoms with Crippen LogP contribution in [0, 0.1) is 0 Å². The van der Waals surface area contributed by atoms with Crippen molar-refractivity contribution in [3.8, 4) is 11.5 Å². The van der Waals surface area contributed by atoms with Gasteiger partial charge in [0, 0.05) is 32.0 Å². The summed E-state index contributed by atoms with van der Waals surface area (Å²) >= 11 is 9.86. The lowest BCUT2D eigenvalue weighted by Crippen LogP contribution is -2.46. The number of nitrogens with one attached hydrogen (secondary N) is 2. The van der Waals surface area contributed by atoms with Gasteiger partial charge in [0.05, 0.1) is 21.8 Å². The summed E-state index contributed by atoms with van der Waals surface area (Å²) in [6.45, 7) is 2.87. The van der Waals surface area contributed by atoms with Crippen molar-refractivity contribution in [2.75, 3.05) is 32.8 Å². The average Bonchev–Trinajstić information content (AvgIpc) is 2.89. The highest BCUT2D eigenvalue weighted by Crippen LogP contribution is 2.27. The molecule has 0 aromatic heterocycles. The van der Waals surface area contributed by atoms with Gasteiger partial charge in [-0.05, 0) is 77.6 Å². The zero-order valence-electron chi connectivity index (χ0n) is 20.0. The number of hydrogen-bond acceptors (Lipinski definition) is 6. The van der Waals surface area contributed by atoms with E-state index in [0.717, 1.165) is 47.3 Å². The minimum absolute atomic E-state index is 0.0465. The highest BCUT2D eigenvalue weighted by atomic mass is 79.9. The van der Waals surface area contributed by atoms with E-state index in [1.54, 1.807) is 12.1 Å². The highest BCUT2D eigenvalue weighted by molar-refractivity contribution is 9.10. The maximum absolute atomic E-state index is 12.7. The van der Waals surface area contributed by atoms with Crippen LogP contribution in [0.5, 0.6) is 11.5 Å². The van der Waals surface area contributed by atoms with Crippen LogP contribution in [-0.4, -0.2) is 61.3 Å². The van der Waals surface area contributed by atoms with Crippen molar-refractivity contribution >= 4 is 45.1 Å². The summed E-state index contributed by atoms with van der Waals surface area (Å²) in [6, 6.07) is 13.6. The van der Waals surface area contributed by atoms with Gasteiger partial charge >= 0.3 is 0 Å². The number of rotatable bonds is 10. The summed E-state index contributed by atoms with van der Waals surface area (Å²) in [5.74, 6) is 1.17. The molecule has 0 spiro atoms. The standard InChI is InChI=1S/C26H30BrClN4O4/c27-20-4-1-2-5-23(20)35-15-3-12-29-19-10-13-32(14-11-19)26(34)17-36-24-8-6-18(16-21(24)28)22-7-9-25(33)31-30-22/h1-2,4-6,8,16,19,29H,3,7,9-15,17H2,(H,31,33). The van der Waals surface area contributed by atoms with Gasteiger partial charge in [0.2, 0.25) is 5.91 Å². The molecule has 192 valence electrons. The normalized spacial score (nSPS) is 16.3. The number of piperidine rings is 1. The molecule has 2 heterocycles. The van der Waals surface area contributed by atoms with Crippen molar-refractivity contribution in [2.45, 2.75) is 38.1 Å². The first kappa shape index (κ1) is 26.4. The molecule has 0 atom stereocenters. The summed E-state index contributed by atoms with van der Waals surface area (Å²) < 4.78 is 12.5. The number of hydrazone groups is 1. The zero-order valence-corrected chi connectivity index (χ0v) is 22.3. The number of hydrogen-bond donors (Lipinski definition) is 2. The minimum atomic E-state index is -0.0925. The lowest BCUT2D eigenvalue weighted by Gasteiger charge is -2.32. The monoisotopic (exact) mass is 576 g/mol. The molecular weight excluding hydrogens is 548 g/mol. The smallest absolute Gasteiger partial charge is 0.260 e. The molecule has 0 bridgehead atoms. The van der Waals surface area contributed by atoms with Gasteiger partial charge in [-0.2, -0.15) is 5.10 Å². The third-order valence-corrected chi connectivity index (χ3v) is 7.17. The molecule has 1 fully saturated rings. The zero-order chi connectivity index (χ0) is 25.3. The van der Waals surface area contributed by atoms with E-state index >= 15 is 0 Å². The number of amides is 2. The molecule has 2 aliphatic heterocycles. The van der Waals surface area contributed by atoms with E-state index in [1.165, 1.54) is 0 Å². The predicted molar refractivity (Wildman–Crippen MR) is 143 cm³/mol. The van der Waals surface area contributed by atoms with Crippen molar-refractivity contribution in [1.82, 2.24) is 15.6 Å². The molecule has 8 nitrogen and oxygen atoms in total. The quantitative estimate of drug-likeness (QED) is 0.414. The molecule has 2 aromatic rings. The Bertz CT molecular complexity index is 1110. The molecule has 0 aliphatic carbocycles. The van der Waals surface area contributed by atoms with Gasteiger partial charge < -0.3 is 19.7 Å². The second-order valence-electron chi connectivity index (χ2n) is 8.77. The topological polar surface area (TPSA) is 92.3 Å². The molecule has 0 radical (unpaired) electrons. The molecule has 10 heteroatoms. The Hall–Kier alpha value is -2.62. The minimum Gasteiger partial charge on any atom is -0.492 e. The number of carbonyl (C=O) groups excluding carboxylic acids is 2. The van der Waals surface area contributed by atoms with Crippen molar-refractivity contribution in [3.63, 3.8) is 0 Å². The molecule has 2 aliphatic rings. The average molecular weight is 578 g/mol. The molecule has 2 aromatic carbocycles. The Kier molecular flexibility index (Phi) is 9.60. The van der Waals surface area contributed by atoms with Crippen LogP contribution in [0.1, 0.15) is 37.7 Å². The van der Waals surface area contributed by atoms with Crippen LogP contribution in [0.25, 0.3) is 0 Å². The van der Waals surface area contributed by atoms with Gasteiger partial charge in [0.1, 0.15) is 11.5 Å². The van der Waals surface area contributed by atoms with Crippen LogP contribution in [0.4, 0.5) is 0 Å². The third-order valence-electron chi connectivity index (χ3n) is 6.22. The summed E-state index contributed by atoms with van der Waals surface area (Å²) in [4.78, 5) is 25.8. The fraction of sp³-hybridized carbons (Fsp3) is 0.423. The molecule has 0 saturated carbocycles. The van der Waals surface area contributed by atoms with E-state index in [2.05, 4.69) is 31.8 Å². The molecule has 2 amide bonds. The van der Waals surface area contributed by atoms with Crippen molar-refractivity contribution in [2.24, 2.45) is 5.10 Å². The molecule has 0 unspecified atom stereocenters. The van der Waals surface area contributed by atoms with Gasteiger partial charge in [-0.1, -0.05) is 23.7 Å². The van der Waals surface area contributed by atoms with Crippen LogP contribution in [0.2, 0.25) is 5.02 Å². The number of ether oxygens (including phenoxy) is 2. The summed E-state index contributed by atoms with van der Waals surface area (Å²) in [7, 11) is 0. The third kappa shape index (κ3) is 7.44. The fourth-order valence-corrected chi connectivity index (χ4v) is 4.80. The second kappa shape index (κ2) is 13.1. The summed E-state index contributed by atoms with van der Waals surface area (Å²) in [5, 5.41) is 8.06. The molecule has 4 rings (SSSR count). The van der Waals surface area contributed by atoms with Gasteiger partial charge in [0.15, 0.2) is 6.61 Å². The van der Waals surface area contributed by atoms with Crippen molar-refractivity contribution < 1.29 is 19.1 Å². The molecule has 1 saturated heterocycles. The largest absolute Gasteiger partial charge is 0.492 e. The van der Waals surface area contributed by atoms with E-state index < -0.39 is 0 Å². The van der Waals surface area contributed by atoms with E-state index in [4.69, 9.17) is 21.1 Å². The van der Waals surface area contributed by atoms with Crippen LogP contribution < -0.4 is 20.2 Å². The fourth-order valence-electron chi connectivity index (χ4n) is 4.17. The van der Waals surface area contributed by atoms with Crippen LogP contribution in [0.15, 0.2) is 52.0 Å². The molecule has 2 N–H and O–H groups in total. The lowest BCUT2D eigenvalue weighted by molar-refractivity contribution is -0.134. The molecule has 36 heavy (non-hydrogen) atoms. The SMILES string of the molecule is O=C1CCC(c2ccc(OCC(=O)N3CCC(NCCCOc4ccccc4Br)CC3)c(Cl)c2)=NN1. The Morgan fingerprint density at radius 3 is 2.67 bits per heavy atom. The summed E-state index contributed by atoms with van der Waals surface area (Å²) in [5.41, 5.74) is 4.08. The first-order valence-corrected chi connectivity index (χ1v) is 13.3. The van der Waals surface area contributed by atoms with Crippen LogP contribution in [-0.2, 0) is 9.59 Å². The van der Waals surface area contributed by atoms with E-state index in [9.17, 15) is 9.59 Å². The Labute approximate surface area is 224 Å². The van der Waals surface area contributed by atoms with Gasteiger partial charge in [-0.15, -0.1) is 0 Å². The van der Waals surface area contributed by atoms with Crippen molar-refractivity contribution in [1.29, 1.82) is 0 Å². The Balaban J connectivity index is 1.13. The van der Waals surface area contributed by atoms with Gasteiger partial charge in [-0.25, -0.2) is 5.43 Å². The molecular formula is C26H30BrClN4O4. The number of para-hydroxylation sites is 1. The first-order valence-electron chi connectivity index (χ1n) is 12.2. The van der Waals surface area contributed by atoms with E-state index in [1.807, 2.05) is 35.2 Å². The number of nitrogens with zero attached hydrogens (tertiary/aromatic N) is 2. The highest BCUT2D eigenvalue weighted by Gasteiger charge is 2.23. The van der Waals surface area contributed by atoms with Gasteiger partial charge in [0.25, 0.3) is 5.91 Å². The maximum atomic E-state index is 12.7. The second-order valence-corrected chi connectivity index (χ2v) is 10.0. The number of likely N-dealkylation sites (tertiary alicyclic amines) is 1. The van der Waals surface area contributed by atoms with E-state index in [-0.39, 0.29) is 18.4 Å². The van der Waals surface area contributed by atoms with Gasteiger partial charge in [-0.3, -0.25) is 9.59 Å². The summed E-state index contributed by atoms with van der Waals surface area (Å²) in [6.07, 6.45) is 3.69. The van der Waals surface area contributed by atoms with Crippen LogP contribution in [0.3, 0.4) is 0 Å². The number of halogens is 2. The maximum Gasteiger partial charge on any atom is 0.260 e.